The van der Waals surface area contributed by atoms with Crippen molar-refractivity contribution in [3.63, 3.8) is 0 Å². The molecule has 1 aromatic carbocycles. The number of para-hydroxylation sites is 1. The van der Waals surface area contributed by atoms with Crippen molar-refractivity contribution in [2.24, 2.45) is 5.73 Å². The fourth-order valence-electron chi connectivity index (χ4n) is 1.84. The van der Waals surface area contributed by atoms with Gasteiger partial charge in [0.05, 0.1) is 6.04 Å². The molecule has 102 valence electrons. The van der Waals surface area contributed by atoms with E-state index >= 15 is 0 Å². The summed E-state index contributed by atoms with van der Waals surface area (Å²) in [6.07, 6.45) is 1.73. The Balaban J connectivity index is 1.79. The molecule has 3 rings (SSSR count). The van der Waals surface area contributed by atoms with E-state index in [2.05, 4.69) is 15.2 Å². The van der Waals surface area contributed by atoms with Crippen LogP contribution in [0.3, 0.4) is 0 Å². The molecule has 0 spiro atoms. The van der Waals surface area contributed by atoms with Crippen molar-refractivity contribution in [1.29, 1.82) is 0 Å². The van der Waals surface area contributed by atoms with Gasteiger partial charge in [-0.3, -0.25) is 4.98 Å². The molecule has 1 atom stereocenters. The molecule has 0 saturated heterocycles. The summed E-state index contributed by atoms with van der Waals surface area (Å²) in [5.74, 6) is 1.48. The second-order valence-electron chi connectivity index (χ2n) is 4.44. The van der Waals surface area contributed by atoms with Crippen LogP contribution in [0.4, 0.5) is 0 Å². The first kappa shape index (κ1) is 12.6. The fourth-order valence-corrected chi connectivity index (χ4v) is 1.84. The van der Waals surface area contributed by atoms with Crippen LogP contribution in [0.5, 0.6) is 5.75 Å². The second-order valence-corrected chi connectivity index (χ2v) is 4.44. The van der Waals surface area contributed by atoms with Crippen LogP contribution >= 0.6 is 0 Å². The van der Waals surface area contributed by atoms with Crippen molar-refractivity contribution in [2.75, 3.05) is 0 Å². The fraction of sp³-hybridized carbons (Fsp3) is 0.214. The Labute approximate surface area is 115 Å². The summed E-state index contributed by atoms with van der Waals surface area (Å²) in [4.78, 5) is 4.32. The van der Waals surface area contributed by atoms with Crippen molar-refractivity contribution in [3.8, 4) is 5.75 Å². The van der Waals surface area contributed by atoms with E-state index in [-0.39, 0.29) is 12.6 Å². The van der Waals surface area contributed by atoms with E-state index in [1.54, 1.807) is 13.1 Å². The average Bonchev–Trinajstić information content (AvgIpc) is 2.94. The number of ether oxygens (including phenoxy) is 1. The predicted octanol–water partition coefficient (Wildman–Crippen LogP) is 2.22. The van der Waals surface area contributed by atoms with Gasteiger partial charge in [0.1, 0.15) is 11.3 Å². The summed E-state index contributed by atoms with van der Waals surface area (Å²) in [6.45, 7) is 1.97. The average molecular weight is 270 g/mol. The van der Waals surface area contributed by atoms with Gasteiger partial charge in [-0.1, -0.05) is 18.2 Å². The second kappa shape index (κ2) is 5.26. The van der Waals surface area contributed by atoms with E-state index in [4.69, 9.17) is 14.9 Å². The van der Waals surface area contributed by atoms with Gasteiger partial charge in [-0.25, -0.2) is 0 Å². The molecule has 1 unspecified atom stereocenters. The number of hydrogen-bond acceptors (Lipinski definition) is 6. The maximum absolute atomic E-state index is 5.70. The molecule has 0 bridgehead atoms. The molecule has 2 N–H and O–H groups in total. The molecule has 0 aliphatic carbocycles. The van der Waals surface area contributed by atoms with Crippen LogP contribution in [0, 0.1) is 0 Å². The molecule has 3 aromatic rings. The highest BCUT2D eigenvalue weighted by atomic mass is 16.5. The number of nitrogens with zero attached hydrogens (tertiary/aromatic N) is 3. The lowest BCUT2D eigenvalue weighted by molar-refractivity contribution is 0.259. The molecule has 6 nitrogen and oxygen atoms in total. The van der Waals surface area contributed by atoms with Crippen LogP contribution in [0.25, 0.3) is 10.9 Å². The highest BCUT2D eigenvalue weighted by Gasteiger charge is 2.11. The Morgan fingerprint density at radius 3 is 2.90 bits per heavy atom. The minimum absolute atomic E-state index is 0.190. The Morgan fingerprint density at radius 1 is 1.25 bits per heavy atom. The Hall–Kier alpha value is -2.47. The lowest BCUT2D eigenvalue weighted by Gasteiger charge is -2.06. The Morgan fingerprint density at radius 2 is 2.10 bits per heavy atom. The van der Waals surface area contributed by atoms with Crippen LogP contribution in [-0.4, -0.2) is 15.2 Å². The lowest BCUT2D eigenvalue weighted by atomic mass is 10.2. The predicted molar refractivity (Wildman–Crippen MR) is 73.0 cm³/mol. The summed E-state index contributed by atoms with van der Waals surface area (Å²) < 4.78 is 11.1. The summed E-state index contributed by atoms with van der Waals surface area (Å²) in [5, 5.41) is 8.76. The van der Waals surface area contributed by atoms with Gasteiger partial charge in [0.2, 0.25) is 5.89 Å². The minimum Gasteiger partial charge on any atom is -0.482 e. The molecular formula is C14H14N4O2. The van der Waals surface area contributed by atoms with E-state index in [1.165, 1.54) is 0 Å². The Bertz CT molecular complexity index is 719. The number of rotatable bonds is 4. The van der Waals surface area contributed by atoms with Gasteiger partial charge >= 0.3 is 0 Å². The zero-order chi connectivity index (χ0) is 13.9. The van der Waals surface area contributed by atoms with Crippen LogP contribution in [0.2, 0.25) is 0 Å². The van der Waals surface area contributed by atoms with Gasteiger partial charge in [0.15, 0.2) is 6.61 Å². The van der Waals surface area contributed by atoms with E-state index < -0.39 is 0 Å². The van der Waals surface area contributed by atoms with E-state index in [0.29, 0.717) is 17.5 Å². The summed E-state index contributed by atoms with van der Waals surface area (Å²) in [5.41, 5.74) is 6.47. The minimum atomic E-state index is -0.282. The quantitative estimate of drug-likeness (QED) is 0.782. The van der Waals surface area contributed by atoms with Gasteiger partial charge in [0.25, 0.3) is 5.89 Å². The van der Waals surface area contributed by atoms with Crippen molar-refractivity contribution in [1.82, 2.24) is 15.2 Å². The normalized spacial score (nSPS) is 12.5. The number of aromatic nitrogens is 3. The molecule has 6 heteroatoms. The molecule has 2 aromatic heterocycles. The highest BCUT2D eigenvalue weighted by molar-refractivity contribution is 5.84. The SMILES string of the molecule is CC(N)c1nnc(COc2cccc3cccnc23)o1. The summed E-state index contributed by atoms with van der Waals surface area (Å²) >= 11 is 0. The van der Waals surface area contributed by atoms with Gasteiger partial charge in [-0.05, 0) is 19.1 Å². The van der Waals surface area contributed by atoms with E-state index in [9.17, 15) is 0 Å². The van der Waals surface area contributed by atoms with Crippen LogP contribution in [-0.2, 0) is 6.61 Å². The molecule has 0 aliphatic heterocycles. The molecule has 0 fully saturated rings. The largest absolute Gasteiger partial charge is 0.482 e. The smallest absolute Gasteiger partial charge is 0.253 e. The lowest BCUT2D eigenvalue weighted by Crippen LogP contribution is -2.04. The van der Waals surface area contributed by atoms with Crippen molar-refractivity contribution in [3.05, 3.63) is 48.3 Å². The molecule has 0 amide bonds. The summed E-state index contributed by atoms with van der Waals surface area (Å²) in [6, 6.07) is 9.35. The van der Waals surface area contributed by atoms with Gasteiger partial charge in [-0.15, -0.1) is 10.2 Å². The van der Waals surface area contributed by atoms with E-state index in [1.807, 2.05) is 30.3 Å². The number of hydrogen-bond donors (Lipinski definition) is 1. The zero-order valence-electron chi connectivity index (χ0n) is 11.0. The third kappa shape index (κ3) is 2.46. The van der Waals surface area contributed by atoms with Crippen molar-refractivity contribution >= 4 is 10.9 Å². The molecule has 20 heavy (non-hydrogen) atoms. The van der Waals surface area contributed by atoms with Gasteiger partial charge in [-0.2, -0.15) is 0 Å². The number of nitrogens with two attached hydrogens (primary N) is 1. The molecule has 0 saturated carbocycles. The van der Waals surface area contributed by atoms with Crippen molar-refractivity contribution in [2.45, 2.75) is 19.6 Å². The van der Waals surface area contributed by atoms with Crippen LogP contribution in [0.15, 0.2) is 40.9 Å². The first-order chi connectivity index (χ1) is 9.74. The first-order valence-corrected chi connectivity index (χ1v) is 6.28. The summed E-state index contributed by atoms with van der Waals surface area (Å²) in [7, 11) is 0. The van der Waals surface area contributed by atoms with Crippen molar-refractivity contribution < 1.29 is 9.15 Å². The number of pyridine rings is 1. The maximum atomic E-state index is 5.70. The Kier molecular flexibility index (Phi) is 3.30. The number of fused-ring (bicyclic) bond motifs is 1. The monoisotopic (exact) mass is 270 g/mol. The maximum Gasteiger partial charge on any atom is 0.253 e. The third-order valence-electron chi connectivity index (χ3n) is 2.82. The molecule has 0 aliphatic rings. The molecule has 2 heterocycles. The van der Waals surface area contributed by atoms with Gasteiger partial charge < -0.3 is 14.9 Å². The first-order valence-electron chi connectivity index (χ1n) is 6.28. The molecular weight excluding hydrogens is 256 g/mol. The van der Waals surface area contributed by atoms with E-state index in [0.717, 1.165) is 10.9 Å². The molecule has 0 radical (unpaired) electrons. The third-order valence-corrected chi connectivity index (χ3v) is 2.82. The van der Waals surface area contributed by atoms with Crippen LogP contribution in [0.1, 0.15) is 24.7 Å². The number of benzene rings is 1. The standard InChI is InChI=1S/C14H14N4O2/c1-9(15)14-18-17-12(20-14)8-19-11-6-2-4-10-5-3-7-16-13(10)11/h2-7,9H,8,15H2,1H3. The van der Waals surface area contributed by atoms with Gasteiger partial charge in [0, 0.05) is 11.6 Å². The zero-order valence-corrected chi connectivity index (χ0v) is 11.0. The highest BCUT2D eigenvalue weighted by Crippen LogP contribution is 2.23. The topological polar surface area (TPSA) is 87.1 Å². The van der Waals surface area contributed by atoms with Crippen LogP contribution < -0.4 is 10.5 Å².